The number of anilines is 2. The van der Waals surface area contributed by atoms with Crippen LogP contribution in [-0.2, 0) is 32.2 Å². The molecule has 4 aromatic rings. The van der Waals surface area contributed by atoms with E-state index in [2.05, 4.69) is 29.9 Å². The SMILES string of the molecule is Nc1nc2c(ncn2[C@@H]2O[C@H](CO)[C@@H](O)[C@H]2OP(=O)(O)OC[C@H]2O[C@@H](n3cnc4c(N)ncnc43)[C@H](O)[C@@H]2O[PH](=O)O)c(=O)[nH]1. The summed E-state index contributed by atoms with van der Waals surface area (Å²) in [6.07, 6.45) is -8.68. The molecule has 6 heterocycles. The zero-order valence-corrected chi connectivity index (χ0v) is 24.4. The molecule has 0 aromatic carbocycles. The van der Waals surface area contributed by atoms with Crippen LogP contribution in [0.1, 0.15) is 12.5 Å². The maximum Gasteiger partial charge on any atom is 0.472 e. The smallest absolute Gasteiger partial charge is 0.394 e. The van der Waals surface area contributed by atoms with E-state index in [1.165, 1.54) is 10.9 Å². The van der Waals surface area contributed by atoms with Crippen molar-refractivity contribution in [3.8, 4) is 0 Å². The van der Waals surface area contributed by atoms with Gasteiger partial charge in [0.15, 0.2) is 35.1 Å². The van der Waals surface area contributed by atoms with Crippen molar-refractivity contribution in [1.29, 1.82) is 0 Å². The maximum absolute atomic E-state index is 13.1. The first kappa shape index (κ1) is 31.5. The van der Waals surface area contributed by atoms with Gasteiger partial charge in [0.2, 0.25) is 5.95 Å². The van der Waals surface area contributed by atoms with Crippen LogP contribution in [0.3, 0.4) is 0 Å². The number of nitrogens with two attached hydrogens (primary N) is 2. The van der Waals surface area contributed by atoms with E-state index in [4.69, 9.17) is 34.5 Å². The van der Waals surface area contributed by atoms with Crippen LogP contribution in [0.5, 0.6) is 0 Å². The van der Waals surface area contributed by atoms with Gasteiger partial charge in [0, 0.05) is 0 Å². The van der Waals surface area contributed by atoms with Crippen molar-refractivity contribution in [2.75, 3.05) is 24.7 Å². The first-order valence-corrected chi connectivity index (χ1v) is 15.6. The van der Waals surface area contributed by atoms with Crippen molar-refractivity contribution in [1.82, 2.24) is 39.0 Å². The van der Waals surface area contributed by atoms with Crippen molar-refractivity contribution in [3.63, 3.8) is 0 Å². The number of fused-ring (bicyclic) bond motifs is 2. The van der Waals surface area contributed by atoms with Gasteiger partial charge < -0.3 is 50.6 Å². The number of aromatic nitrogens is 8. The molecule has 0 saturated carbocycles. The first-order valence-electron chi connectivity index (χ1n) is 12.9. The Kier molecular flexibility index (Phi) is 8.45. The molecule has 6 rings (SSSR count). The fourth-order valence-corrected chi connectivity index (χ4v) is 6.55. The number of hydrogen-bond donors (Lipinski definition) is 8. The number of nitrogens with one attached hydrogen (secondary N) is 1. The molecule has 244 valence electrons. The average Bonchev–Trinajstić information content (AvgIpc) is 3.73. The Balaban J connectivity index is 1.22. The van der Waals surface area contributed by atoms with Crippen LogP contribution in [0.4, 0.5) is 11.8 Å². The fourth-order valence-electron chi connectivity index (χ4n) is 5.09. The largest absolute Gasteiger partial charge is 0.472 e. The van der Waals surface area contributed by atoms with Gasteiger partial charge in [0.1, 0.15) is 48.5 Å². The van der Waals surface area contributed by atoms with Crippen molar-refractivity contribution < 1.29 is 57.3 Å². The van der Waals surface area contributed by atoms with Crippen LogP contribution in [0, 0.1) is 0 Å². The molecule has 2 saturated heterocycles. The summed E-state index contributed by atoms with van der Waals surface area (Å²) in [4.78, 5) is 54.4. The minimum absolute atomic E-state index is 0.0345. The monoisotopic (exact) mass is 676 g/mol. The molecule has 0 radical (unpaired) electrons. The Morgan fingerprint density at radius 2 is 1.69 bits per heavy atom. The summed E-state index contributed by atoms with van der Waals surface area (Å²) in [6, 6.07) is 0. The van der Waals surface area contributed by atoms with E-state index in [0.29, 0.717) is 0 Å². The third-order valence-corrected chi connectivity index (χ3v) is 8.54. The lowest BCUT2D eigenvalue weighted by Crippen LogP contribution is -2.36. The summed E-state index contributed by atoms with van der Waals surface area (Å²) < 4.78 is 53.8. The van der Waals surface area contributed by atoms with Crippen molar-refractivity contribution in [3.05, 3.63) is 29.3 Å². The highest BCUT2D eigenvalue weighted by atomic mass is 31.2. The zero-order valence-electron chi connectivity index (χ0n) is 22.5. The van der Waals surface area contributed by atoms with E-state index in [1.54, 1.807) is 0 Å². The number of aromatic amines is 1. The number of hydrogen-bond acceptors (Lipinski definition) is 18. The summed E-state index contributed by atoms with van der Waals surface area (Å²) in [5, 5.41) is 31.4. The topological polar surface area (TPSA) is 341 Å². The second kappa shape index (κ2) is 12.1. The number of ether oxygens (including phenoxy) is 2. The molecule has 10 N–H and O–H groups in total. The fraction of sp³-hybridized carbons (Fsp3) is 0.500. The minimum Gasteiger partial charge on any atom is -0.394 e. The number of phosphoric acid groups is 1. The second-order valence-corrected chi connectivity index (χ2v) is 12.0. The average molecular weight is 676 g/mol. The maximum atomic E-state index is 13.1. The molecule has 4 aromatic heterocycles. The van der Waals surface area contributed by atoms with Gasteiger partial charge in [-0.2, -0.15) is 4.98 Å². The van der Waals surface area contributed by atoms with Gasteiger partial charge in [-0.05, 0) is 0 Å². The van der Waals surface area contributed by atoms with E-state index in [-0.39, 0.29) is 34.1 Å². The third-order valence-electron chi connectivity index (χ3n) is 7.08. The van der Waals surface area contributed by atoms with Gasteiger partial charge in [-0.25, -0.2) is 24.5 Å². The summed E-state index contributed by atoms with van der Waals surface area (Å²) in [5.74, 6) is -0.244. The zero-order chi connectivity index (χ0) is 32.2. The molecule has 10 atom stereocenters. The van der Waals surface area contributed by atoms with Gasteiger partial charge in [0.25, 0.3) is 5.56 Å². The molecule has 0 bridgehead atoms. The lowest BCUT2D eigenvalue weighted by Gasteiger charge is -2.25. The van der Waals surface area contributed by atoms with Crippen LogP contribution in [0.2, 0.25) is 0 Å². The Morgan fingerprint density at radius 1 is 1.00 bits per heavy atom. The molecule has 25 heteroatoms. The predicted octanol–water partition coefficient (Wildman–Crippen LogP) is -3.10. The van der Waals surface area contributed by atoms with Gasteiger partial charge in [0.05, 0.1) is 25.9 Å². The Labute approximate surface area is 249 Å². The van der Waals surface area contributed by atoms with Crippen molar-refractivity contribution in [2.45, 2.75) is 49.1 Å². The number of nitrogen functional groups attached to an aromatic ring is 2. The number of phosphoric ester groups is 1. The number of H-pyrrole nitrogens is 1. The Hall–Kier alpha value is -3.44. The van der Waals surface area contributed by atoms with Gasteiger partial charge in [-0.15, -0.1) is 0 Å². The first-order chi connectivity index (χ1) is 21.4. The molecule has 0 aliphatic carbocycles. The molecule has 2 aliphatic rings. The standard InChI is InChI=1S/C20H26N10O13P2/c21-14-8-15(24-3-23-14)29(4-25-8)18-11(33)12(42-44(35)36)7(41-18)2-39-45(37,38)43-13-10(32)6(1-31)40-19(13)30-5-26-9-16(30)27-20(22)28-17(9)34/h3-7,10-13,18-19,31-33,44H,1-2H2,(H,35,36)(H,37,38)(H2,21,23,24)(H3,22,27,28,34)/t6-,7-,10-,11-,12-,13-,18-,19-/m1/s1. The van der Waals surface area contributed by atoms with E-state index in [0.717, 1.165) is 17.2 Å². The molecule has 23 nitrogen and oxygen atoms in total. The predicted molar refractivity (Wildman–Crippen MR) is 146 cm³/mol. The minimum atomic E-state index is -5.17. The number of nitrogens with zero attached hydrogens (tertiary/aromatic N) is 7. The van der Waals surface area contributed by atoms with Crippen molar-refractivity contribution >= 4 is 50.2 Å². The highest BCUT2D eigenvalue weighted by Gasteiger charge is 2.51. The lowest BCUT2D eigenvalue weighted by molar-refractivity contribution is -0.0609. The van der Waals surface area contributed by atoms with Gasteiger partial charge in [-0.3, -0.25) is 32.5 Å². The molecular formula is C20H26N10O13P2. The number of aliphatic hydroxyl groups excluding tert-OH is 3. The highest BCUT2D eigenvalue weighted by molar-refractivity contribution is 7.47. The second-order valence-electron chi connectivity index (χ2n) is 9.83. The molecule has 45 heavy (non-hydrogen) atoms. The summed E-state index contributed by atoms with van der Waals surface area (Å²) in [7, 11) is -8.83. The normalized spacial score (nSPS) is 30.7. The number of rotatable bonds is 10. The van der Waals surface area contributed by atoms with Crippen molar-refractivity contribution in [2.24, 2.45) is 0 Å². The van der Waals surface area contributed by atoms with E-state index >= 15 is 0 Å². The van der Waals surface area contributed by atoms with Crippen LogP contribution < -0.4 is 17.0 Å². The van der Waals surface area contributed by atoms with Crippen LogP contribution in [-0.4, -0.2) is 114 Å². The molecular weight excluding hydrogens is 650 g/mol. The van der Waals surface area contributed by atoms with Gasteiger partial charge in [-0.1, -0.05) is 0 Å². The Morgan fingerprint density at radius 3 is 2.40 bits per heavy atom. The quantitative estimate of drug-likeness (QED) is 0.0771. The molecule has 2 aliphatic heterocycles. The molecule has 2 unspecified atom stereocenters. The Bertz CT molecular complexity index is 1850. The molecule has 0 spiro atoms. The van der Waals surface area contributed by atoms with Crippen LogP contribution >= 0.6 is 16.1 Å². The van der Waals surface area contributed by atoms with E-state index in [1.807, 2.05) is 0 Å². The summed E-state index contributed by atoms with van der Waals surface area (Å²) in [5.41, 5.74) is 10.8. The van der Waals surface area contributed by atoms with Gasteiger partial charge >= 0.3 is 16.1 Å². The summed E-state index contributed by atoms with van der Waals surface area (Å²) >= 11 is 0. The summed E-state index contributed by atoms with van der Waals surface area (Å²) in [6.45, 7) is -1.57. The number of imidazole rings is 2. The van der Waals surface area contributed by atoms with Crippen LogP contribution in [0.15, 0.2) is 23.8 Å². The third kappa shape index (κ3) is 5.85. The number of aliphatic hydroxyl groups is 3. The molecule has 0 amide bonds. The van der Waals surface area contributed by atoms with E-state index < -0.39 is 83.9 Å². The van der Waals surface area contributed by atoms with Crippen LogP contribution in [0.25, 0.3) is 22.3 Å². The molecule has 2 fully saturated rings. The highest BCUT2D eigenvalue weighted by Crippen LogP contribution is 2.50. The van der Waals surface area contributed by atoms with E-state index in [9.17, 15) is 39.0 Å². The lowest BCUT2D eigenvalue weighted by atomic mass is 10.1.